The monoisotopic (exact) mass is 473 g/mol. The largest absolute Gasteiger partial charge is 0.465 e. The van der Waals surface area contributed by atoms with Crippen molar-refractivity contribution in [2.24, 2.45) is 0 Å². The predicted molar refractivity (Wildman–Crippen MR) is 128 cm³/mol. The van der Waals surface area contributed by atoms with E-state index in [4.69, 9.17) is 4.74 Å². The molecule has 0 atom stereocenters. The van der Waals surface area contributed by atoms with Gasteiger partial charge in [0.15, 0.2) is 0 Å². The smallest absolute Gasteiger partial charge is 0.337 e. The SMILES string of the molecule is COC(=O)c1ccc(C)c(NC(=O)CNc2ccc(C)c(S(=O)(=O)N3CCCCCC3)c2)c1. The van der Waals surface area contributed by atoms with Crippen molar-refractivity contribution in [3.05, 3.63) is 53.1 Å². The first-order chi connectivity index (χ1) is 15.7. The van der Waals surface area contributed by atoms with Crippen molar-refractivity contribution in [2.45, 2.75) is 44.4 Å². The van der Waals surface area contributed by atoms with Gasteiger partial charge in [-0.25, -0.2) is 13.2 Å². The molecule has 0 bridgehead atoms. The van der Waals surface area contributed by atoms with Crippen LogP contribution in [0.2, 0.25) is 0 Å². The van der Waals surface area contributed by atoms with Gasteiger partial charge in [0.25, 0.3) is 0 Å². The Kier molecular flexibility index (Phi) is 8.10. The molecular weight excluding hydrogens is 442 g/mol. The van der Waals surface area contributed by atoms with Crippen LogP contribution in [0.15, 0.2) is 41.3 Å². The number of hydrogen-bond donors (Lipinski definition) is 2. The molecule has 0 spiro atoms. The lowest BCUT2D eigenvalue weighted by molar-refractivity contribution is -0.114. The lowest BCUT2D eigenvalue weighted by Crippen LogP contribution is -2.32. The Morgan fingerprint density at radius 1 is 0.970 bits per heavy atom. The van der Waals surface area contributed by atoms with Crippen molar-refractivity contribution in [1.29, 1.82) is 0 Å². The van der Waals surface area contributed by atoms with Gasteiger partial charge in [0, 0.05) is 24.5 Å². The first-order valence-corrected chi connectivity index (χ1v) is 12.5. The normalized spacial score (nSPS) is 14.9. The number of carbonyl (C=O) groups is 2. The summed E-state index contributed by atoms with van der Waals surface area (Å²) in [6, 6.07) is 10.0. The van der Waals surface area contributed by atoms with E-state index in [-0.39, 0.29) is 17.3 Å². The van der Waals surface area contributed by atoms with Gasteiger partial charge in [0.2, 0.25) is 15.9 Å². The van der Waals surface area contributed by atoms with Gasteiger partial charge in [-0.15, -0.1) is 0 Å². The molecule has 0 radical (unpaired) electrons. The van der Waals surface area contributed by atoms with Crippen molar-refractivity contribution in [3.63, 3.8) is 0 Å². The second-order valence-electron chi connectivity index (χ2n) is 8.22. The first-order valence-electron chi connectivity index (χ1n) is 11.1. The molecule has 178 valence electrons. The molecule has 8 nitrogen and oxygen atoms in total. The number of carbonyl (C=O) groups excluding carboxylic acids is 2. The molecule has 0 saturated carbocycles. The molecular formula is C24H31N3O5S. The van der Waals surface area contributed by atoms with Gasteiger partial charge in [-0.3, -0.25) is 4.79 Å². The van der Waals surface area contributed by atoms with Crippen molar-refractivity contribution in [3.8, 4) is 0 Å². The van der Waals surface area contributed by atoms with E-state index in [9.17, 15) is 18.0 Å². The molecule has 9 heteroatoms. The number of methoxy groups -OCH3 is 1. The number of amides is 1. The highest BCUT2D eigenvalue weighted by atomic mass is 32.2. The maximum absolute atomic E-state index is 13.2. The van der Waals surface area contributed by atoms with E-state index >= 15 is 0 Å². The summed E-state index contributed by atoms with van der Waals surface area (Å²) in [6.45, 7) is 4.61. The number of ether oxygens (including phenoxy) is 1. The summed E-state index contributed by atoms with van der Waals surface area (Å²) in [7, 11) is -2.30. The lowest BCUT2D eigenvalue weighted by Gasteiger charge is -2.21. The van der Waals surface area contributed by atoms with Gasteiger partial charge < -0.3 is 15.4 Å². The minimum Gasteiger partial charge on any atom is -0.465 e. The number of nitrogens with zero attached hydrogens (tertiary/aromatic N) is 1. The fraction of sp³-hybridized carbons (Fsp3) is 0.417. The summed E-state index contributed by atoms with van der Waals surface area (Å²) in [6.07, 6.45) is 3.83. The standard InChI is InChI=1S/C24H31N3O5S/c1-17-8-10-19(24(29)32-3)14-21(17)26-23(28)16-25-20-11-9-18(2)22(15-20)33(30,31)27-12-6-4-5-7-13-27/h8-11,14-15,25H,4-7,12-13,16H2,1-3H3,(H,26,28). The van der Waals surface area contributed by atoms with Crippen LogP contribution in [0.4, 0.5) is 11.4 Å². The number of nitrogens with one attached hydrogen (secondary N) is 2. The first kappa shape index (κ1) is 24.7. The molecule has 33 heavy (non-hydrogen) atoms. The van der Waals surface area contributed by atoms with Crippen LogP contribution in [0.3, 0.4) is 0 Å². The Morgan fingerprint density at radius 2 is 1.64 bits per heavy atom. The van der Waals surface area contributed by atoms with E-state index < -0.39 is 16.0 Å². The fourth-order valence-corrected chi connectivity index (χ4v) is 5.56. The Labute approximate surface area is 195 Å². The van der Waals surface area contributed by atoms with Gasteiger partial charge in [-0.05, 0) is 62.1 Å². The summed E-state index contributed by atoms with van der Waals surface area (Å²) in [5.74, 6) is -0.806. The summed E-state index contributed by atoms with van der Waals surface area (Å²) < 4.78 is 32.7. The van der Waals surface area contributed by atoms with E-state index in [0.717, 1.165) is 31.2 Å². The van der Waals surface area contributed by atoms with E-state index in [1.807, 2.05) is 6.92 Å². The molecule has 0 unspecified atom stereocenters. The quantitative estimate of drug-likeness (QED) is 0.594. The van der Waals surface area contributed by atoms with Gasteiger partial charge in [0.1, 0.15) is 0 Å². The molecule has 1 heterocycles. The average molecular weight is 474 g/mol. The third-order valence-corrected chi connectivity index (χ3v) is 7.80. The zero-order valence-electron chi connectivity index (χ0n) is 19.3. The van der Waals surface area contributed by atoms with Crippen molar-refractivity contribution < 1.29 is 22.7 Å². The highest BCUT2D eigenvalue weighted by Gasteiger charge is 2.27. The lowest BCUT2D eigenvalue weighted by atomic mass is 10.1. The van der Waals surface area contributed by atoms with Crippen LogP contribution in [0.5, 0.6) is 0 Å². The zero-order valence-corrected chi connectivity index (χ0v) is 20.1. The molecule has 1 fully saturated rings. The molecule has 3 rings (SSSR count). The molecule has 2 N–H and O–H groups in total. The molecule has 1 aliphatic heterocycles. The topological polar surface area (TPSA) is 105 Å². The van der Waals surface area contributed by atoms with E-state index in [1.54, 1.807) is 47.6 Å². The van der Waals surface area contributed by atoms with Crippen LogP contribution < -0.4 is 10.6 Å². The average Bonchev–Trinajstić information content (AvgIpc) is 3.09. The Bertz CT molecular complexity index is 1120. The number of benzene rings is 2. The second-order valence-corrected chi connectivity index (χ2v) is 10.1. The van der Waals surface area contributed by atoms with E-state index in [1.165, 1.54) is 7.11 Å². The second kappa shape index (κ2) is 10.8. The maximum atomic E-state index is 13.2. The Balaban J connectivity index is 1.70. The Hall–Kier alpha value is -2.91. The van der Waals surface area contributed by atoms with Crippen LogP contribution in [0.1, 0.15) is 47.2 Å². The predicted octanol–water partition coefficient (Wildman–Crippen LogP) is 3.71. The molecule has 1 aliphatic rings. The third-order valence-electron chi connectivity index (χ3n) is 5.76. The molecule has 0 aliphatic carbocycles. The van der Waals surface area contributed by atoms with E-state index in [2.05, 4.69) is 10.6 Å². The molecule has 2 aromatic rings. The zero-order chi connectivity index (χ0) is 24.0. The third kappa shape index (κ3) is 6.11. The minimum absolute atomic E-state index is 0.0614. The molecule has 2 aromatic carbocycles. The number of esters is 1. The summed E-state index contributed by atoms with van der Waals surface area (Å²) in [4.78, 5) is 24.5. The van der Waals surface area contributed by atoms with Crippen LogP contribution >= 0.6 is 0 Å². The molecule has 1 saturated heterocycles. The maximum Gasteiger partial charge on any atom is 0.337 e. The number of anilines is 2. The summed E-state index contributed by atoms with van der Waals surface area (Å²) in [5.41, 5.74) is 2.87. The summed E-state index contributed by atoms with van der Waals surface area (Å²) >= 11 is 0. The number of aryl methyl sites for hydroxylation is 2. The minimum atomic E-state index is -3.60. The molecule has 1 amide bonds. The number of hydrogen-bond acceptors (Lipinski definition) is 6. The van der Waals surface area contributed by atoms with Crippen molar-refractivity contribution in [2.75, 3.05) is 37.4 Å². The van der Waals surface area contributed by atoms with Gasteiger partial charge in [-0.2, -0.15) is 4.31 Å². The van der Waals surface area contributed by atoms with Gasteiger partial charge in [-0.1, -0.05) is 25.0 Å². The number of rotatable bonds is 7. The highest BCUT2D eigenvalue weighted by Crippen LogP contribution is 2.26. The fourth-order valence-electron chi connectivity index (χ4n) is 3.79. The van der Waals surface area contributed by atoms with Crippen LogP contribution in [0, 0.1) is 13.8 Å². The van der Waals surface area contributed by atoms with Crippen molar-refractivity contribution in [1.82, 2.24) is 4.31 Å². The van der Waals surface area contributed by atoms with Crippen LogP contribution in [0.25, 0.3) is 0 Å². The van der Waals surface area contributed by atoms with Gasteiger partial charge in [0.05, 0.1) is 24.1 Å². The van der Waals surface area contributed by atoms with Crippen LogP contribution in [-0.4, -0.2) is 51.3 Å². The summed E-state index contributed by atoms with van der Waals surface area (Å²) in [5, 5.41) is 5.78. The number of sulfonamides is 1. The highest BCUT2D eigenvalue weighted by molar-refractivity contribution is 7.89. The van der Waals surface area contributed by atoms with Crippen molar-refractivity contribution >= 4 is 33.3 Å². The van der Waals surface area contributed by atoms with Gasteiger partial charge >= 0.3 is 5.97 Å². The van der Waals surface area contributed by atoms with Crippen LogP contribution in [-0.2, 0) is 19.6 Å². The molecule has 0 aromatic heterocycles. The van der Waals surface area contributed by atoms with E-state index in [0.29, 0.717) is 35.6 Å². The Morgan fingerprint density at radius 3 is 2.30 bits per heavy atom.